The minimum Gasteiger partial charge on any atom is -0.489 e. The number of nitrogens with zero attached hydrogens (tertiary/aromatic N) is 7. The van der Waals surface area contributed by atoms with E-state index in [1.54, 1.807) is 29.3 Å². The van der Waals surface area contributed by atoms with Crippen molar-refractivity contribution in [2.75, 3.05) is 68.1 Å². The second-order valence-corrected chi connectivity index (χ2v) is 18.8. The van der Waals surface area contributed by atoms with Gasteiger partial charge in [0.2, 0.25) is 23.7 Å². The Balaban J connectivity index is 0.729. The standard InChI is InChI=1S/C47H49Cl3N8O7/c1-47(2,29-21-37(49)42(38(50)22-29)64-20-14-48)28-3-6-34(7-4-28)65-27-30-11-15-51-46(52-30)57-19-18-55(26-41(57)60)31-12-16-54(17-13-31)33-24-56(25-33)32-5-8-35-36(23-32)45(63)58(44(35)62)39-9-10-40(59)53-43(39)61/h3-8,11,15,21-23,31,33,39H,9-10,12-14,16-20,24-27H2,1-2H3,(H,53,59,61). The van der Waals surface area contributed by atoms with Gasteiger partial charge in [0.25, 0.3) is 11.8 Å². The van der Waals surface area contributed by atoms with Gasteiger partial charge in [-0.05, 0) is 78.9 Å². The number of piperazine rings is 1. The number of likely N-dealkylation sites (tertiary alicyclic amines) is 1. The maximum Gasteiger partial charge on any atom is 0.262 e. The number of carbonyl (C=O) groups excluding carboxylic acids is 5. The van der Waals surface area contributed by atoms with Crippen molar-refractivity contribution in [3.8, 4) is 11.5 Å². The van der Waals surface area contributed by atoms with Gasteiger partial charge in [0.1, 0.15) is 25.0 Å². The molecular formula is C47H49Cl3N8O7. The van der Waals surface area contributed by atoms with E-state index in [4.69, 9.17) is 49.3 Å². The zero-order valence-corrected chi connectivity index (χ0v) is 38.4. The number of alkyl halides is 1. The molecule has 4 aromatic rings. The van der Waals surface area contributed by atoms with E-state index in [9.17, 15) is 24.0 Å². The van der Waals surface area contributed by atoms with Gasteiger partial charge in [-0.25, -0.2) is 9.97 Å². The van der Waals surface area contributed by atoms with Crippen LogP contribution in [-0.4, -0.2) is 131 Å². The number of rotatable bonds is 13. The average molecular weight is 944 g/mol. The predicted octanol–water partition coefficient (Wildman–Crippen LogP) is 5.71. The van der Waals surface area contributed by atoms with Gasteiger partial charge in [-0.1, -0.05) is 49.2 Å². The van der Waals surface area contributed by atoms with Crippen LogP contribution in [0.5, 0.6) is 11.5 Å². The highest BCUT2D eigenvalue weighted by atomic mass is 35.5. The third kappa shape index (κ3) is 9.01. The molecule has 15 nitrogen and oxygen atoms in total. The largest absolute Gasteiger partial charge is 0.489 e. The molecule has 0 saturated carbocycles. The molecule has 1 N–H and O–H groups in total. The molecule has 6 heterocycles. The number of imide groups is 2. The topological polar surface area (TPSA) is 158 Å². The van der Waals surface area contributed by atoms with Crippen molar-refractivity contribution in [1.29, 1.82) is 0 Å². The van der Waals surface area contributed by atoms with Crippen molar-refractivity contribution >= 4 is 76.0 Å². The van der Waals surface area contributed by atoms with Crippen molar-refractivity contribution in [2.45, 2.75) is 69.7 Å². The maximum atomic E-state index is 13.5. The molecule has 0 aliphatic carbocycles. The lowest BCUT2D eigenvalue weighted by atomic mass is 9.78. The van der Waals surface area contributed by atoms with Crippen LogP contribution in [0.25, 0.3) is 0 Å². The Morgan fingerprint density at radius 1 is 0.785 bits per heavy atom. The average Bonchev–Trinajstić information content (AvgIpc) is 3.52. The smallest absolute Gasteiger partial charge is 0.262 e. The first-order valence-electron chi connectivity index (χ1n) is 21.9. The van der Waals surface area contributed by atoms with E-state index in [2.05, 4.69) is 38.8 Å². The summed E-state index contributed by atoms with van der Waals surface area (Å²) in [4.78, 5) is 82.9. The molecule has 0 radical (unpaired) electrons. The molecule has 5 aliphatic rings. The van der Waals surface area contributed by atoms with Crippen molar-refractivity contribution in [1.82, 2.24) is 30.0 Å². The Hall–Kier alpha value is -5.32. The van der Waals surface area contributed by atoms with E-state index >= 15 is 0 Å². The number of benzene rings is 3. The summed E-state index contributed by atoms with van der Waals surface area (Å²) in [6.45, 7) is 9.67. The van der Waals surface area contributed by atoms with Crippen molar-refractivity contribution in [3.63, 3.8) is 0 Å². The van der Waals surface area contributed by atoms with Gasteiger partial charge in [0, 0.05) is 75.1 Å². The van der Waals surface area contributed by atoms with E-state index in [-0.39, 0.29) is 36.5 Å². The van der Waals surface area contributed by atoms with Crippen LogP contribution < -0.4 is 24.6 Å². The molecule has 0 spiro atoms. The van der Waals surface area contributed by atoms with Gasteiger partial charge in [-0.3, -0.25) is 48.9 Å². The summed E-state index contributed by atoms with van der Waals surface area (Å²) in [5.41, 5.74) is 3.65. The lowest BCUT2D eigenvalue weighted by Crippen LogP contribution is -2.62. The molecule has 5 amide bonds. The van der Waals surface area contributed by atoms with Gasteiger partial charge >= 0.3 is 0 Å². The minimum absolute atomic E-state index is 0.0284. The summed E-state index contributed by atoms with van der Waals surface area (Å²) in [7, 11) is 0. The van der Waals surface area contributed by atoms with Gasteiger partial charge in [0.05, 0.1) is 39.3 Å². The number of hydrogen-bond donors (Lipinski definition) is 1. The number of ether oxygens (including phenoxy) is 2. The normalized spacial score (nSPS) is 20.3. The van der Waals surface area contributed by atoms with Crippen molar-refractivity contribution in [3.05, 3.63) is 105 Å². The van der Waals surface area contributed by atoms with E-state index in [1.165, 1.54) is 0 Å². The zero-order chi connectivity index (χ0) is 45.6. The molecule has 1 atom stereocenters. The molecule has 0 bridgehead atoms. The zero-order valence-electron chi connectivity index (χ0n) is 36.1. The third-order valence-electron chi connectivity index (χ3n) is 13.4. The van der Waals surface area contributed by atoms with Crippen LogP contribution >= 0.6 is 34.8 Å². The van der Waals surface area contributed by atoms with E-state index in [0.29, 0.717) is 70.8 Å². The SMILES string of the molecule is CC(C)(c1ccc(OCc2ccnc(N3CCN(C4CCN(C5CN(c6ccc7c(c6)C(=O)N(C6CCC(=O)NC6=O)C7=O)C5)CC4)CC3=O)n2)cc1)c1cc(Cl)c(OCCCl)c(Cl)c1. The van der Waals surface area contributed by atoms with Gasteiger partial charge in [-0.15, -0.1) is 11.6 Å². The number of carbonyl (C=O) groups is 5. The van der Waals surface area contributed by atoms with Crippen LogP contribution in [0.2, 0.25) is 10.0 Å². The van der Waals surface area contributed by atoms with Crippen molar-refractivity contribution in [2.24, 2.45) is 0 Å². The Labute approximate surface area is 391 Å². The quantitative estimate of drug-likeness (QED) is 0.129. The van der Waals surface area contributed by atoms with E-state index in [1.807, 2.05) is 42.5 Å². The van der Waals surface area contributed by atoms with Crippen LogP contribution in [0.15, 0.2) is 66.9 Å². The second-order valence-electron chi connectivity index (χ2n) is 17.6. The number of aromatic nitrogens is 2. The third-order valence-corrected chi connectivity index (χ3v) is 14.1. The lowest BCUT2D eigenvalue weighted by Gasteiger charge is -2.50. The predicted molar refractivity (Wildman–Crippen MR) is 245 cm³/mol. The number of nitrogens with one attached hydrogen (secondary N) is 1. The summed E-state index contributed by atoms with van der Waals surface area (Å²) in [6, 6.07) is 18.3. The number of fused-ring (bicyclic) bond motifs is 1. The van der Waals surface area contributed by atoms with Crippen LogP contribution in [0, 0.1) is 0 Å². The second kappa shape index (κ2) is 18.5. The maximum absolute atomic E-state index is 13.5. The Morgan fingerprint density at radius 2 is 1.51 bits per heavy atom. The summed E-state index contributed by atoms with van der Waals surface area (Å²) < 4.78 is 11.7. The van der Waals surface area contributed by atoms with Gasteiger partial charge in [0.15, 0.2) is 5.75 Å². The number of hydrogen-bond acceptors (Lipinski definition) is 12. The number of halogens is 3. The fourth-order valence-electron chi connectivity index (χ4n) is 9.47. The number of amides is 5. The van der Waals surface area contributed by atoms with E-state index in [0.717, 1.165) is 67.3 Å². The molecule has 4 saturated heterocycles. The molecule has 18 heteroatoms. The van der Waals surface area contributed by atoms with Crippen LogP contribution in [-0.2, 0) is 26.4 Å². The first-order chi connectivity index (χ1) is 31.3. The fourth-order valence-corrected chi connectivity index (χ4v) is 10.1. The first kappa shape index (κ1) is 44.9. The van der Waals surface area contributed by atoms with Crippen LogP contribution in [0.1, 0.15) is 77.1 Å². The minimum atomic E-state index is -0.988. The molecular weight excluding hydrogens is 895 g/mol. The number of anilines is 2. The highest BCUT2D eigenvalue weighted by molar-refractivity contribution is 6.37. The summed E-state index contributed by atoms with van der Waals surface area (Å²) in [6.07, 6.45) is 3.78. The van der Waals surface area contributed by atoms with Crippen LogP contribution in [0.4, 0.5) is 11.6 Å². The molecule has 3 aromatic carbocycles. The Kier molecular flexibility index (Phi) is 12.8. The highest BCUT2D eigenvalue weighted by Crippen LogP contribution is 2.41. The summed E-state index contributed by atoms with van der Waals surface area (Å²) >= 11 is 18.8. The molecule has 340 valence electrons. The summed E-state index contributed by atoms with van der Waals surface area (Å²) in [5, 5.41) is 3.09. The molecule has 1 unspecified atom stereocenters. The molecule has 1 aromatic heterocycles. The number of piperidine rings is 2. The highest BCUT2D eigenvalue weighted by Gasteiger charge is 2.45. The first-order valence-corrected chi connectivity index (χ1v) is 23.2. The van der Waals surface area contributed by atoms with Crippen LogP contribution in [0.3, 0.4) is 0 Å². The Morgan fingerprint density at radius 3 is 2.20 bits per heavy atom. The summed E-state index contributed by atoms with van der Waals surface area (Å²) in [5.74, 6) is -0.256. The fraction of sp³-hybridized carbons (Fsp3) is 0.426. The van der Waals surface area contributed by atoms with E-state index < -0.39 is 35.1 Å². The lowest BCUT2D eigenvalue weighted by molar-refractivity contribution is -0.136. The molecule has 5 aliphatic heterocycles. The van der Waals surface area contributed by atoms with Gasteiger partial charge in [-0.2, -0.15) is 0 Å². The van der Waals surface area contributed by atoms with Crippen molar-refractivity contribution < 1.29 is 33.4 Å². The van der Waals surface area contributed by atoms with Gasteiger partial charge < -0.3 is 14.4 Å². The Bertz CT molecular complexity index is 2510. The molecule has 9 rings (SSSR count). The molecule has 65 heavy (non-hydrogen) atoms. The molecule has 4 fully saturated rings. The monoisotopic (exact) mass is 942 g/mol.